The number of nitrogens with one attached hydrogen (secondary N) is 1. The number of pyridine rings is 1. The zero-order chi connectivity index (χ0) is 8.10. The van der Waals surface area contributed by atoms with Crippen molar-refractivity contribution in [2.24, 2.45) is 5.73 Å². The molecule has 0 fully saturated rings. The van der Waals surface area contributed by atoms with Gasteiger partial charge in [-0.1, -0.05) is 6.07 Å². The molecular formula is C8H9N3. The summed E-state index contributed by atoms with van der Waals surface area (Å²) >= 11 is 0. The molecule has 0 spiro atoms. The molecule has 0 aliphatic heterocycles. The summed E-state index contributed by atoms with van der Waals surface area (Å²) in [5, 5.41) is 7.00. The monoisotopic (exact) mass is 147 g/mol. The molecule has 0 aliphatic rings. The first-order chi connectivity index (χ1) is 5.38. The van der Waals surface area contributed by atoms with Crippen LogP contribution in [0.2, 0.25) is 0 Å². The molecule has 3 nitrogen and oxygen atoms in total. The minimum Gasteiger partial charge on any atom is -0.404 e. The molecule has 0 saturated carbocycles. The van der Waals surface area contributed by atoms with Gasteiger partial charge in [-0.15, -0.1) is 0 Å². The first-order valence-corrected chi connectivity index (χ1v) is 3.21. The van der Waals surface area contributed by atoms with E-state index >= 15 is 0 Å². The Bertz CT molecular complexity index is 264. The first kappa shape index (κ1) is 7.47. The lowest BCUT2D eigenvalue weighted by Crippen LogP contribution is -1.90. The lowest BCUT2D eigenvalue weighted by atomic mass is 10.1. The second-order valence-electron chi connectivity index (χ2n) is 2.01. The van der Waals surface area contributed by atoms with Gasteiger partial charge in [0.25, 0.3) is 0 Å². The minimum absolute atomic E-state index is 0.679. The van der Waals surface area contributed by atoms with Gasteiger partial charge in [-0.25, -0.2) is 0 Å². The summed E-state index contributed by atoms with van der Waals surface area (Å²) in [6, 6.07) is 3.67. The van der Waals surface area contributed by atoms with Crippen LogP contribution in [0.15, 0.2) is 30.7 Å². The SMILES string of the molecule is N=C/C(=C\N)c1cccnc1. The fourth-order valence-corrected chi connectivity index (χ4v) is 0.761. The van der Waals surface area contributed by atoms with Crippen molar-refractivity contribution in [3.63, 3.8) is 0 Å². The number of nitrogens with zero attached hydrogens (tertiary/aromatic N) is 1. The highest BCUT2D eigenvalue weighted by Crippen LogP contribution is 2.07. The molecular weight excluding hydrogens is 138 g/mol. The fraction of sp³-hybridized carbons (Fsp3) is 0. The maximum atomic E-state index is 7.00. The summed E-state index contributed by atoms with van der Waals surface area (Å²) in [6.45, 7) is 0. The van der Waals surface area contributed by atoms with E-state index in [-0.39, 0.29) is 0 Å². The van der Waals surface area contributed by atoms with Crippen molar-refractivity contribution in [1.29, 1.82) is 5.41 Å². The average molecular weight is 147 g/mol. The molecule has 11 heavy (non-hydrogen) atoms. The molecule has 1 rings (SSSR count). The number of hydrogen-bond donors (Lipinski definition) is 2. The Balaban J connectivity index is 3.01. The van der Waals surface area contributed by atoms with Crippen LogP contribution in [0.25, 0.3) is 5.57 Å². The van der Waals surface area contributed by atoms with Crippen LogP contribution >= 0.6 is 0 Å². The van der Waals surface area contributed by atoms with Crippen LogP contribution in [0, 0.1) is 5.41 Å². The highest BCUT2D eigenvalue weighted by molar-refractivity contribution is 6.07. The summed E-state index contributed by atoms with van der Waals surface area (Å²) in [5.74, 6) is 0. The Labute approximate surface area is 65.1 Å². The van der Waals surface area contributed by atoms with Crippen molar-refractivity contribution in [3.05, 3.63) is 36.3 Å². The molecule has 0 aromatic carbocycles. The average Bonchev–Trinajstić information content (AvgIpc) is 2.09. The van der Waals surface area contributed by atoms with Crippen molar-refractivity contribution < 1.29 is 0 Å². The van der Waals surface area contributed by atoms with Crippen LogP contribution in [-0.4, -0.2) is 11.2 Å². The smallest absolute Gasteiger partial charge is 0.0347 e. The highest BCUT2D eigenvalue weighted by Gasteiger charge is 1.94. The second-order valence-corrected chi connectivity index (χ2v) is 2.01. The zero-order valence-corrected chi connectivity index (χ0v) is 5.99. The third-order valence-electron chi connectivity index (χ3n) is 1.33. The molecule has 56 valence electrons. The van der Waals surface area contributed by atoms with Crippen molar-refractivity contribution in [2.75, 3.05) is 0 Å². The Kier molecular flexibility index (Phi) is 2.38. The van der Waals surface area contributed by atoms with Gasteiger partial charge < -0.3 is 11.1 Å². The van der Waals surface area contributed by atoms with Gasteiger partial charge in [-0.3, -0.25) is 4.98 Å². The fourth-order valence-electron chi connectivity index (χ4n) is 0.761. The Hall–Kier alpha value is -1.64. The standard InChI is InChI=1S/C8H9N3/c9-4-8(5-10)7-2-1-3-11-6-7/h1-6,9H,10H2/b8-5+,9-4?. The normalized spacial score (nSPS) is 11.1. The van der Waals surface area contributed by atoms with E-state index in [4.69, 9.17) is 11.1 Å². The van der Waals surface area contributed by atoms with E-state index in [1.165, 1.54) is 12.4 Å². The summed E-state index contributed by atoms with van der Waals surface area (Å²) in [4.78, 5) is 3.90. The van der Waals surface area contributed by atoms with Crippen LogP contribution in [0.5, 0.6) is 0 Å². The molecule has 3 heteroatoms. The molecule has 3 N–H and O–H groups in total. The van der Waals surface area contributed by atoms with Crippen LogP contribution in [0.4, 0.5) is 0 Å². The Morgan fingerprint density at radius 2 is 2.45 bits per heavy atom. The zero-order valence-electron chi connectivity index (χ0n) is 5.99. The van der Waals surface area contributed by atoms with Gasteiger partial charge in [0.15, 0.2) is 0 Å². The summed E-state index contributed by atoms with van der Waals surface area (Å²) in [7, 11) is 0. The molecule has 1 aromatic heterocycles. The third-order valence-corrected chi connectivity index (χ3v) is 1.33. The van der Waals surface area contributed by atoms with Gasteiger partial charge in [0.05, 0.1) is 0 Å². The number of allylic oxidation sites excluding steroid dienone is 1. The number of nitrogens with two attached hydrogens (primary N) is 1. The predicted octanol–water partition coefficient (Wildman–Crippen LogP) is 1.03. The van der Waals surface area contributed by atoms with Gasteiger partial charge in [-0.05, 0) is 6.07 Å². The van der Waals surface area contributed by atoms with E-state index in [2.05, 4.69) is 4.98 Å². The Morgan fingerprint density at radius 3 is 2.91 bits per heavy atom. The third kappa shape index (κ3) is 1.64. The molecule has 1 aromatic rings. The molecule has 0 bridgehead atoms. The van der Waals surface area contributed by atoms with Gasteiger partial charge in [0, 0.05) is 35.9 Å². The second kappa shape index (κ2) is 3.51. The van der Waals surface area contributed by atoms with E-state index in [0.717, 1.165) is 5.56 Å². The predicted molar refractivity (Wildman–Crippen MR) is 45.2 cm³/mol. The summed E-state index contributed by atoms with van der Waals surface area (Å²) < 4.78 is 0. The van der Waals surface area contributed by atoms with Crippen LogP contribution in [0.3, 0.4) is 0 Å². The van der Waals surface area contributed by atoms with Crippen molar-refractivity contribution in [1.82, 2.24) is 4.98 Å². The lowest BCUT2D eigenvalue weighted by Gasteiger charge is -1.96. The van der Waals surface area contributed by atoms with E-state index in [1.54, 1.807) is 12.4 Å². The molecule has 0 saturated heterocycles. The minimum atomic E-state index is 0.679. The number of hydrogen-bond acceptors (Lipinski definition) is 3. The van der Waals surface area contributed by atoms with E-state index in [0.29, 0.717) is 5.57 Å². The molecule has 0 unspecified atom stereocenters. The van der Waals surface area contributed by atoms with Crippen molar-refractivity contribution in [3.8, 4) is 0 Å². The van der Waals surface area contributed by atoms with Crippen LogP contribution < -0.4 is 5.73 Å². The van der Waals surface area contributed by atoms with Gasteiger partial charge in [0.1, 0.15) is 0 Å². The first-order valence-electron chi connectivity index (χ1n) is 3.21. The topological polar surface area (TPSA) is 62.8 Å². The van der Waals surface area contributed by atoms with E-state index < -0.39 is 0 Å². The summed E-state index contributed by atoms with van der Waals surface area (Å²) in [5.41, 5.74) is 6.82. The quantitative estimate of drug-likeness (QED) is 0.614. The van der Waals surface area contributed by atoms with Gasteiger partial charge in [-0.2, -0.15) is 0 Å². The van der Waals surface area contributed by atoms with Crippen molar-refractivity contribution >= 4 is 11.8 Å². The van der Waals surface area contributed by atoms with E-state index in [1.807, 2.05) is 12.1 Å². The largest absolute Gasteiger partial charge is 0.404 e. The molecule has 0 atom stereocenters. The number of aromatic nitrogens is 1. The van der Waals surface area contributed by atoms with Crippen molar-refractivity contribution in [2.45, 2.75) is 0 Å². The highest BCUT2D eigenvalue weighted by atomic mass is 14.6. The van der Waals surface area contributed by atoms with Crippen LogP contribution in [0.1, 0.15) is 5.56 Å². The Morgan fingerprint density at radius 1 is 1.64 bits per heavy atom. The van der Waals surface area contributed by atoms with Gasteiger partial charge >= 0.3 is 0 Å². The van der Waals surface area contributed by atoms with E-state index in [9.17, 15) is 0 Å². The molecule has 0 radical (unpaired) electrons. The van der Waals surface area contributed by atoms with Crippen LogP contribution in [-0.2, 0) is 0 Å². The molecule has 0 amide bonds. The maximum absolute atomic E-state index is 7.00. The maximum Gasteiger partial charge on any atom is 0.0347 e. The number of rotatable bonds is 2. The molecule has 0 aliphatic carbocycles. The lowest BCUT2D eigenvalue weighted by molar-refractivity contribution is 1.31. The summed E-state index contributed by atoms with van der Waals surface area (Å²) in [6.07, 6.45) is 5.95. The van der Waals surface area contributed by atoms with Gasteiger partial charge in [0.2, 0.25) is 0 Å². The molecule has 1 heterocycles.